The van der Waals surface area contributed by atoms with Crippen molar-refractivity contribution in [1.29, 1.82) is 5.41 Å². The van der Waals surface area contributed by atoms with Gasteiger partial charge in [-0.25, -0.2) is 9.78 Å². The Morgan fingerprint density at radius 1 is 1.26 bits per heavy atom. The summed E-state index contributed by atoms with van der Waals surface area (Å²) in [7, 11) is 0. The molecule has 1 aliphatic carbocycles. The van der Waals surface area contributed by atoms with Gasteiger partial charge in [-0.2, -0.15) is 0 Å². The van der Waals surface area contributed by atoms with Crippen LogP contribution in [0.3, 0.4) is 0 Å². The zero-order valence-electron chi connectivity index (χ0n) is 14.7. The number of nitrogens with zero attached hydrogens (tertiary/aromatic N) is 1. The van der Waals surface area contributed by atoms with E-state index in [9.17, 15) is 4.79 Å². The quantitative estimate of drug-likeness (QED) is 0.568. The molecule has 0 unspecified atom stereocenters. The lowest BCUT2D eigenvalue weighted by Gasteiger charge is -2.10. The first-order valence-corrected chi connectivity index (χ1v) is 9.44. The molecule has 4 nitrogen and oxygen atoms in total. The van der Waals surface area contributed by atoms with E-state index in [1.807, 2.05) is 60.0 Å². The molecule has 1 N–H and O–H groups in total. The van der Waals surface area contributed by atoms with Gasteiger partial charge in [0, 0.05) is 26.1 Å². The molecule has 0 radical (unpaired) electrons. The Balaban J connectivity index is 2.15. The van der Waals surface area contributed by atoms with Crippen LogP contribution in [0.1, 0.15) is 23.0 Å². The summed E-state index contributed by atoms with van der Waals surface area (Å²) >= 11 is 1.57. The summed E-state index contributed by atoms with van der Waals surface area (Å²) in [5, 5.41) is 12.5. The summed E-state index contributed by atoms with van der Waals surface area (Å²) < 4.78 is 5.29. The highest BCUT2D eigenvalue weighted by molar-refractivity contribution is 7.13. The van der Waals surface area contributed by atoms with Gasteiger partial charge in [-0.05, 0) is 41.9 Å². The van der Waals surface area contributed by atoms with Crippen molar-refractivity contribution in [3.63, 3.8) is 0 Å². The molecule has 2 heterocycles. The van der Waals surface area contributed by atoms with Crippen LogP contribution in [-0.4, -0.2) is 23.4 Å². The summed E-state index contributed by atoms with van der Waals surface area (Å²) in [5.74, 6) is 1.95. The number of ether oxygens (including phenoxy) is 1. The van der Waals surface area contributed by atoms with Crippen molar-refractivity contribution in [3.8, 4) is 10.4 Å². The summed E-state index contributed by atoms with van der Waals surface area (Å²) in [6.45, 7) is 2.08. The fourth-order valence-electron chi connectivity index (χ4n) is 3.15. The maximum Gasteiger partial charge on any atom is 0.357 e. The molecular formula is C22H16N2O2S. The zero-order valence-corrected chi connectivity index (χ0v) is 15.5. The molecule has 0 saturated heterocycles. The molecule has 2 aromatic heterocycles. The number of thiophene rings is 1. The largest absolute Gasteiger partial charge is 0.461 e. The van der Waals surface area contributed by atoms with Crippen LogP contribution >= 0.6 is 11.3 Å². The lowest BCUT2D eigenvalue weighted by atomic mass is 10.0. The summed E-state index contributed by atoms with van der Waals surface area (Å²) in [4.78, 5) is 18.4. The third-order valence-electron chi connectivity index (χ3n) is 4.34. The van der Waals surface area contributed by atoms with Gasteiger partial charge in [0.1, 0.15) is 0 Å². The van der Waals surface area contributed by atoms with Crippen molar-refractivity contribution in [2.45, 2.75) is 6.92 Å². The van der Waals surface area contributed by atoms with E-state index in [-0.39, 0.29) is 0 Å². The Hall–Kier alpha value is -3.27. The number of carbonyl (C=O) groups is 1. The molecule has 27 heavy (non-hydrogen) atoms. The molecule has 1 aromatic carbocycles. The molecule has 0 saturated carbocycles. The third-order valence-corrected chi connectivity index (χ3v) is 5.23. The van der Waals surface area contributed by atoms with Crippen LogP contribution in [0, 0.1) is 16.0 Å². The van der Waals surface area contributed by atoms with Crippen LogP contribution in [-0.2, 0) is 4.74 Å². The number of hydrogen-bond acceptors (Lipinski definition) is 5. The van der Waals surface area contributed by atoms with E-state index in [0.717, 1.165) is 31.8 Å². The number of aromatic nitrogens is 1. The summed E-state index contributed by atoms with van der Waals surface area (Å²) in [6, 6.07) is 11.4. The van der Waals surface area contributed by atoms with Gasteiger partial charge in [0.25, 0.3) is 0 Å². The van der Waals surface area contributed by atoms with Crippen molar-refractivity contribution in [2.24, 2.45) is 0 Å². The maximum absolute atomic E-state index is 12.7. The first-order chi connectivity index (χ1) is 13.2. The molecule has 4 rings (SSSR count). The van der Waals surface area contributed by atoms with Gasteiger partial charge in [-0.1, -0.05) is 36.4 Å². The summed E-state index contributed by atoms with van der Waals surface area (Å²) in [5.41, 5.74) is 2.13. The third kappa shape index (κ3) is 3.04. The van der Waals surface area contributed by atoms with Gasteiger partial charge >= 0.3 is 5.97 Å². The minimum absolute atomic E-state index is 0.294. The monoisotopic (exact) mass is 372 g/mol. The average molecular weight is 372 g/mol. The number of rotatable bonds is 3. The fraction of sp³-hybridized carbons (Fsp3) is 0.0909. The SMILES string of the molecule is CCOC(=O)c1nc(=c2ccc(=C=N)cc2)c2c(c1-c1cccs1)C=CC=2. The Labute approximate surface area is 159 Å². The van der Waals surface area contributed by atoms with Gasteiger partial charge < -0.3 is 4.74 Å². The molecule has 0 atom stereocenters. The second-order valence-electron chi connectivity index (χ2n) is 5.94. The summed E-state index contributed by atoms with van der Waals surface area (Å²) in [6.07, 6.45) is 6.00. The highest BCUT2D eigenvalue weighted by Gasteiger charge is 2.22. The van der Waals surface area contributed by atoms with Crippen molar-refractivity contribution in [2.75, 3.05) is 6.61 Å². The van der Waals surface area contributed by atoms with Gasteiger partial charge in [-0.3, -0.25) is 5.41 Å². The number of allylic oxidation sites excluding steroid dienone is 1. The van der Waals surface area contributed by atoms with E-state index >= 15 is 0 Å². The van der Waals surface area contributed by atoms with E-state index < -0.39 is 5.97 Å². The number of esters is 1. The Morgan fingerprint density at radius 2 is 2.07 bits per heavy atom. The van der Waals surface area contributed by atoms with E-state index in [1.165, 1.54) is 0 Å². The number of hydrogen-bond donors (Lipinski definition) is 1. The predicted octanol–water partition coefficient (Wildman–Crippen LogP) is 3.00. The lowest BCUT2D eigenvalue weighted by molar-refractivity contribution is 0.0520. The number of pyridine rings is 1. The highest BCUT2D eigenvalue weighted by atomic mass is 32.1. The number of nitrogens with one attached hydrogen (secondary N) is 1. The number of fused-ring (bicyclic) bond motifs is 1. The average Bonchev–Trinajstić information content (AvgIpc) is 3.39. The molecule has 132 valence electrons. The molecule has 1 aliphatic rings. The van der Waals surface area contributed by atoms with Crippen molar-refractivity contribution in [1.82, 2.24) is 4.98 Å². The Bertz CT molecular complexity index is 1280. The molecule has 0 aliphatic heterocycles. The first-order valence-electron chi connectivity index (χ1n) is 8.56. The van der Waals surface area contributed by atoms with Gasteiger partial charge in [-0.15, -0.1) is 11.3 Å². The fourth-order valence-corrected chi connectivity index (χ4v) is 3.93. The normalized spacial score (nSPS) is 11.6. The van der Waals surface area contributed by atoms with E-state index in [0.29, 0.717) is 17.5 Å². The van der Waals surface area contributed by atoms with Crippen molar-refractivity contribution < 1.29 is 9.53 Å². The van der Waals surface area contributed by atoms with E-state index in [1.54, 1.807) is 18.3 Å². The predicted molar refractivity (Wildman–Crippen MR) is 107 cm³/mol. The zero-order chi connectivity index (χ0) is 18.8. The van der Waals surface area contributed by atoms with Crippen molar-refractivity contribution in [3.05, 3.63) is 80.1 Å². The molecule has 3 aromatic rings. The topological polar surface area (TPSA) is 63.0 Å². The first kappa shape index (κ1) is 17.2. The van der Waals surface area contributed by atoms with Crippen LogP contribution in [0.15, 0.2) is 47.9 Å². The molecule has 0 amide bonds. The molecule has 5 heteroatoms. The smallest absolute Gasteiger partial charge is 0.357 e. The minimum atomic E-state index is -0.422. The van der Waals surface area contributed by atoms with Gasteiger partial charge in [0.15, 0.2) is 5.69 Å². The van der Waals surface area contributed by atoms with Crippen LogP contribution in [0.4, 0.5) is 0 Å². The Kier molecular flexibility index (Phi) is 4.55. The minimum Gasteiger partial charge on any atom is -0.461 e. The van der Waals surface area contributed by atoms with Gasteiger partial charge in [0.2, 0.25) is 0 Å². The molecule has 0 fully saturated rings. The maximum atomic E-state index is 12.7. The van der Waals surface area contributed by atoms with Crippen LogP contribution in [0.25, 0.3) is 22.6 Å². The van der Waals surface area contributed by atoms with Crippen molar-refractivity contribution >= 4 is 35.3 Å². The number of carbonyl (C=O) groups excluding carboxylic acids is 1. The standard InChI is InChI=1S/C22H16N2O2S/c1-2-26-22(25)21-19(18-7-4-12-27-18)16-5-3-6-17(16)20(24-21)15-10-8-14(13-23)9-11-15/h3-12,23H,2H2,1H3. The Morgan fingerprint density at radius 3 is 2.74 bits per heavy atom. The van der Waals surface area contributed by atoms with E-state index in [4.69, 9.17) is 15.1 Å². The highest BCUT2D eigenvalue weighted by Crippen LogP contribution is 2.31. The molecule has 0 spiro atoms. The van der Waals surface area contributed by atoms with E-state index in [2.05, 4.69) is 5.87 Å². The van der Waals surface area contributed by atoms with Crippen LogP contribution in [0.5, 0.6) is 0 Å². The second kappa shape index (κ2) is 7.16. The second-order valence-corrected chi connectivity index (χ2v) is 6.88. The molecule has 0 bridgehead atoms. The number of benzene rings is 1. The molecular weight excluding hydrogens is 356 g/mol. The van der Waals surface area contributed by atoms with Crippen LogP contribution in [0.2, 0.25) is 0 Å². The lowest BCUT2D eigenvalue weighted by Crippen LogP contribution is -2.18. The van der Waals surface area contributed by atoms with Gasteiger partial charge in [0.05, 0.1) is 12.0 Å². The van der Waals surface area contributed by atoms with Crippen LogP contribution < -0.4 is 10.4 Å².